The number of rotatable bonds is 6. The van der Waals surface area contributed by atoms with Crippen LogP contribution in [0.25, 0.3) is 10.6 Å². The minimum Gasteiger partial charge on any atom is -0.436 e. The molecule has 0 radical (unpaired) electrons. The molecule has 150 valence electrons. The third-order valence-electron chi connectivity index (χ3n) is 4.11. The fourth-order valence-corrected chi connectivity index (χ4v) is 3.40. The predicted molar refractivity (Wildman–Crippen MR) is 111 cm³/mol. The molecule has 1 N–H and O–H groups in total. The van der Waals surface area contributed by atoms with Gasteiger partial charge in [-0.05, 0) is 42.8 Å². The number of amides is 1. The molecule has 0 atom stereocenters. The van der Waals surface area contributed by atoms with Crippen molar-refractivity contribution in [2.45, 2.75) is 13.3 Å². The maximum Gasteiger partial charge on any atom is 0.230 e. The molecule has 0 aliphatic heterocycles. The Morgan fingerprint density at radius 1 is 1.17 bits per heavy atom. The van der Waals surface area contributed by atoms with Gasteiger partial charge in [0, 0.05) is 29.7 Å². The first-order chi connectivity index (χ1) is 14.6. The Labute approximate surface area is 175 Å². The standard InChI is InChI=1S/C21H16FN5O2S/c1-13-4-2-9-24-19(13)29-17-7-6-14(10-16(17)22)11-18(28)25-21-27-26-20(30-21)15-5-3-8-23-12-15/h2-10,12H,11H2,1H3,(H,25,27,28). The Balaban J connectivity index is 1.40. The van der Waals surface area contributed by atoms with Crippen molar-refractivity contribution in [1.82, 2.24) is 20.2 Å². The van der Waals surface area contributed by atoms with Gasteiger partial charge in [0.05, 0.1) is 6.42 Å². The summed E-state index contributed by atoms with van der Waals surface area (Å²) in [4.78, 5) is 20.4. The van der Waals surface area contributed by atoms with E-state index in [-0.39, 0.29) is 18.1 Å². The van der Waals surface area contributed by atoms with Gasteiger partial charge in [-0.25, -0.2) is 9.37 Å². The Morgan fingerprint density at radius 2 is 2.03 bits per heavy atom. The van der Waals surface area contributed by atoms with Crippen LogP contribution in [0.1, 0.15) is 11.1 Å². The van der Waals surface area contributed by atoms with Crippen LogP contribution in [0, 0.1) is 12.7 Å². The molecule has 7 nitrogen and oxygen atoms in total. The van der Waals surface area contributed by atoms with Crippen LogP contribution in [-0.2, 0) is 11.2 Å². The van der Waals surface area contributed by atoms with E-state index >= 15 is 0 Å². The lowest BCUT2D eigenvalue weighted by atomic mass is 10.1. The minimum atomic E-state index is -0.569. The summed E-state index contributed by atoms with van der Waals surface area (Å²) in [5, 5.41) is 11.7. The Bertz CT molecular complexity index is 1180. The highest BCUT2D eigenvalue weighted by Crippen LogP contribution is 2.27. The van der Waals surface area contributed by atoms with Gasteiger partial charge in [0.15, 0.2) is 16.6 Å². The van der Waals surface area contributed by atoms with Gasteiger partial charge in [-0.3, -0.25) is 9.78 Å². The van der Waals surface area contributed by atoms with Crippen molar-refractivity contribution in [2.24, 2.45) is 0 Å². The molecule has 4 rings (SSSR count). The third-order valence-corrected chi connectivity index (χ3v) is 5.00. The van der Waals surface area contributed by atoms with E-state index in [4.69, 9.17) is 4.74 Å². The Morgan fingerprint density at radius 3 is 2.80 bits per heavy atom. The number of aromatic nitrogens is 4. The van der Waals surface area contributed by atoms with Crippen LogP contribution >= 0.6 is 11.3 Å². The first kappa shape index (κ1) is 19.6. The molecule has 0 aliphatic rings. The van der Waals surface area contributed by atoms with Crippen molar-refractivity contribution >= 4 is 22.4 Å². The van der Waals surface area contributed by atoms with E-state index in [9.17, 15) is 9.18 Å². The lowest BCUT2D eigenvalue weighted by Gasteiger charge is -2.09. The highest BCUT2D eigenvalue weighted by molar-refractivity contribution is 7.18. The topological polar surface area (TPSA) is 89.9 Å². The average Bonchev–Trinajstić information content (AvgIpc) is 3.20. The second-order valence-corrected chi connectivity index (χ2v) is 7.35. The minimum absolute atomic E-state index is 0.0123. The van der Waals surface area contributed by atoms with Gasteiger partial charge in [0.25, 0.3) is 0 Å². The number of hydrogen-bond acceptors (Lipinski definition) is 7. The van der Waals surface area contributed by atoms with Crippen LogP contribution in [0.2, 0.25) is 0 Å². The summed E-state index contributed by atoms with van der Waals surface area (Å²) in [5.74, 6) is -0.508. The molecule has 0 aliphatic carbocycles. The molecule has 0 fully saturated rings. The predicted octanol–water partition coefficient (Wildman–Crippen LogP) is 4.42. The molecule has 1 amide bonds. The van der Waals surface area contributed by atoms with Gasteiger partial charge in [0.2, 0.25) is 16.9 Å². The summed E-state index contributed by atoms with van der Waals surface area (Å²) in [6.07, 6.45) is 4.90. The van der Waals surface area contributed by atoms with Crippen LogP contribution in [0.4, 0.5) is 9.52 Å². The normalized spacial score (nSPS) is 10.6. The number of anilines is 1. The number of halogens is 1. The van der Waals surface area contributed by atoms with E-state index in [2.05, 4.69) is 25.5 Å². The van der Waals surface area contributed by atoms with E-state index in [0.717, 1.165) is 11.1 Å². The van der Waals surface area contributed by atoms with Crippen LogP contribution in [0.3, 0.4) is 0 Å². The molecule has 3 aromatic heterocycles. The quantitative estimate of drug-likeness (QED) is 0.496. The first-order valence-electron chi connectivity index (χ1n) is 9.00. The fraction of sp³-hybridized carbons (Fsp3) is 0.0952. The van der Waals surface area contributed by atoms with Crippen LogP contribution in [0.15, 0.2) is 61.1 Å². The number of nitrogens with zero attached hydrogens (tertiary/aromatic N) is 4. The number of carbonyl (C=O) groups is 1. The number of ether oxygens (including phenoxy) is 1. The van der Waals surface area contributed by atoms with E-state index in [1.165, 1.54) is 23.5 Å². The van der Waals surface area contributed by atoms with Crippen LogP contribution in [-0.4, -0.2) is 26.1 Å². The summed E-state index contributed by atoms with van der Waals surface area (Å²) in [7, 11) is 0. The summed E-state index contributed by atoms with van der Waals surface area (Å²) in [6.45, 7) is 1.83. The zero-order chi connectivity index (χ0) is 20.9. The van der Waals surface area contributed by atoms with E-state index in [0.29, 0.717) is 21.6 Å². The molecule has 0 saturated carbocycles. The number of pyridine rings is 2. The van der Waals surface area contributed by atoms with Crippen LogP contribution < -0.4 is 10.1 Å². The van der Waals surface area contributed by atoms with E-state index in [1.807, 2.05) is 19.1 Å². The van der Waals surface area contributed by atoms with Gasteiger partial charge in [-0.1, -0.05) is 23.5 Å². The Hall–Kier alpha value is -3.72. The molecule has 0 unspecified atom stereocenters. The van der Waals surface area contributed by atoms with Crippen LogP contribution in [0.5, 0.6) is 11.6 Å². The molecular formula is C21H16FN5O2S. The Kier molecular flexibility index (Phi) is 5.71. The van der Waals surface area contributed by atoms with Crippen molar-refractivity contribution in [3.05, 3.63) is 78.0 Å². The van der Waals surface area contributed by atoms with Gasteiger partial charge < -0.3 is 10.1 Å². The monoisotopic (exact) mass is 421 g/mol. The summed E-state index contributed by atoms with van der Waals surface area (Å²) in [6, 6.07) is 11.7. The lowest BCUT2D eigenvalue weighted by Crippen LogP contribution is -2.14. The molecule has 9 heteroatoms. The second kappa shape index (κ2) is 8.75. The largest absolute Gasteiger partial charge is 0.436 e. The smallest absolute Gasteiger partial charge is 0.230 e. The molecular weight excluding hydrogens is 405 g/mol. The van der Waals surface area contributed by atoms with Gasteiger partial charge in [-0.15, -0.1) is 10.2 Å². The lowest BCUT2D eigenvalue weighted by molar-refractivity contribution is -0.115. The van der Waals surface area contributed by atoms with Crippen molar-refractivity contribution in [3.63, 3.8) is 0 Å². The number of nitrogens with one attached hydrogen (secondary N) is 1. The average molecular weight is 421 g/mol. The van der Waals surface area contributed by atoms with E-state index < -0.39 is 5.82 Å². The highest BCUT2D eigenvalue weighted by Gasteiger charge is 2.13. The summed E-state index contributed by atoms with van der Waals surface area (Å²) >= 11 is 1.24. The van der Waals surface area contributed by atoms with Gasteiger partial charge in [0.1, 0.15) is 0 Å². The molecule has 30 heavy (non-hydrogen) atoms. The molecule has 0 bridgehead atoms. The third kappa shape index (κ3) is 4.64. The number of hydrogen-bond donors (Lipinski definition) is 1. The zero-order valence-corrected chi connectivity index (χ0v) is 16.7. The van der Waals surface area contributed by atoms with Gasteiger partial charge in [-0.2, -0.15) is 0 Å². The second-order valence-electron chi connectivity index (χ2n) is 6.37. The SMILES string of the molecule is Cc1cccnc1Oc1ccc(CC(=O)Nc2nnc(-c3cccnc3)s2)cc1F. The number of benzene rings is 1. The van der Waals surface area contributed by atoms with E-state index in [1.54, 1.807) is 36.8 Å². The number of carbonyl (C=O) groups excluding carboxylic acids is 1. The zero-order valence-electron chi connectivity index (χ0n) is 15.9. The molecule has 4 aromatic rings. The maximum atomic E-state index is 14.4. The summed E-state index contributed by atoms with van der Waals surface area (Å²) in [5.41, 5.74) is 2.12. The van der Waals surface area contributed by atoms with Crippen molar-refractivity contribution < 1.29 is 13.9 Å². The fourth-order valence-electron chi connectivity index (χ4n) is 2.65. The molecule has 0 saturated heterocycles. The number of aryl methyl sites for hydroxylation is 1. The first-order valence-corrected chi connectivity index (χ1v) is 9.82. The van der Waals surface area contributed by atoms with Crippen molar-refractivity contribution in [3.8, 4) is 22.2 Å². The molecule has 0 spiro atoms. The maximum absolute atomic E-state index is 14.4. The highest BCUT2D eigenvalue weighted by atomic mass is 32.1. The molecule has 3 heterocycles. The van der Waals surface area contributed by atoms with Gasteiger partial charge >= 0.3 is 0 Å². The van der Waals surface area contributed by atoms with Crippen molar-refractivity contribution in [1.29, 1.82) is 0 Å². The summed E-state index contributed by atoms with van der Waals surface area (Å²) < 4.78 is 20.0. The molecule has 1 aromatic carbocycles. The van der Waals surface area contributed by atoms with Crippen molar-refractivity contribution in [2.75, 3.05) is 5.32 Å².